The Kier molecular flexibility index (Phi) is 2.42. The molecule has 2 aromatic carbocycles. The van der Waals surface area contributed by atoms with E-state index < -0.39 is 5.72 Å². The molecule has 18 heavy (non-hydrogen) atoms. The molecule has 90 valence electrons. The van der Waals surface area contributed by atoms with Crippen LogP contribution in [-0.4, -0.2) is 5.78 Å². The molecule has 2 N–H and O–H groups in total. The molecule has 0 saturated heterocycles. The number of carbonyl (C=O) groups excluding carboxylic acids is 1. The summed E-state index contributed by atoms with van der Waals surface area (Å²) in [4.78, 5) is 12.2. The summed E-state index contributed by atoms with van der Waals surface area (Å²) in [5.74, 6) is 0.566. The summed E-state index contributed by atoms with van der Waals surface area (Å²) in [5, 5.41) is 0. The largest absolute Gasteiger partial charge is 0.461 e. The normalized spacial score (nSPS) is 22.2. The molecule has 0 saturated carbocycles. The van der Waals surface area contributed by atoms with Crippen molar-refractivity contribution in [2.24, 2.45) is 5.73 Å². The summed E-state index contributed by atoms with van der Waals surface area (Å²) in [5.41, 5.74) is 6.37. The van der Waals surface area contributed by atoms with Crippen molar-refractivity contribution in [2.45, 2.75) is 12.1 Å². The highest BCUT2D eigenvalue weighted by Crippen LogP contribution is 2.33. The van der Waals surface area contributed by atoms with E-state index in [1.807, 2.05) is 54.6 Å². The van der Waals surface area contributed by atoms with Gasteiger partial charge in [-0.25, -0.2) is 0 Å². The number of ketones is 1. The molecule has 1 aliphatic heterocycles. The van der Waals surface area contributed by atoms with E-state index in [4.69, 9.17) is 10.5 Å². The van der Waals surface area contributed by atoms with Gasteiger partial charge in [-0.15, -0.1) is 0 Å². The monoisotopic (exact) mass is 239 g/mol. The van der Waals surface area contributed by atoms with Crippen LogP contribution >= 0.6 is 0 Å². The molecule has 1 heterocycles. The lowest BCUT2D eigenvalue weighted by molar-refractivity contribution is -0.136. The van der Waals surface area contributed by atoms with Crippen molar-refractivity contribution in [1.82, 2.24) is 0 Å². The van der Waals surface area contributed by atoms with Crippen LogP contribution in [0.25, 0.3) is 0 Å². The first-order valence-corrected chi connectivity index (χ1v) is 5.85. The van der Waals surface area contributed by atoms with Gasteiger partial charge in [0.2, 0.25) is 11.5 Å². The van der Waals surface area contributed by atoms with Gasteiger partial charge in [0.25, 0.3) is 0 Å². The van der Waals surface area contributed by atoms with Crippen LogP contribution in [0.3, 0.4) is 0 Å². The molecule has 3 heteroatoms. The molecule has 0 amide bonds. The number of Topliss-reactive ketones (excluding diaryl/α,β-unsaturated/α-hetero) is 1. The lowest BCUT2D eigenvalue weighted by Gasteiger charge is -2.34. The number of benzene rings is 2. The fraction of sp³-hybridized carbons (Fsp3) is 0.133. The van der Waals surface area contributed by atoms with Crippen molar-refractivity contribution in [3.63, 3.8) is 0 Å². The summed E-state index contributed by atoms with van der Waals surface area (Å²) in [6.07, 6.45) is 0.307. The van der Waals surface area contributed by atoms with Crippen LogP contribution in [0.2, 0.25) is 0 Å². The van der Waals surface area contributed by atoms with Crippen molar-refractivity contribution in [3.05, 3.63) is 65.7 Å². The number of para-hydroxylation sites is 1. The Bertz CT molecular complexity index is 594. The molecule has 0 aliphatic carbocycles. The van der Waals surface area contributed by atoms with Crippen LogP contribution in [0.1, 0.15) is 11.1 Å². The van der Waals surface area contributed by atoms with Crippen LogP contribution in [0, 0.1) is 0 Å². The van der Waals surface area contributed by atoms with Gasteiger partial charge < -0.3 is 4.74 Å². The van der Waals surface area contributed by atoms with E-state index in [0.717, 1.165) is 5.56 Å². The van der Waals surface area contributed by atoms with E-state index in [1.54, 1.807) is 0 Å². The van der Waals surface area contributed by atoms with E-state index in [2.05, 4.69) is 0 Å². The Balaban J connectivity index is 2.07. The Labute approximate surface area is 105 Å². The van der Waals surface area contributed by atoms with Gasteiger partial charge in [0.15, 0.2) is 0 Å². The lowest BCUT2D eigenvalue weighted by Crippen LogP contribution is -2.53. The zero-order valence-electron chi connectivity index (χ0n) is 9.80. The molecular weight excluding hydrogens is 226 g/mol. The first-order chi connectivity index (χ1) is 8.70. The van der Waals surface area contributed by atoms with E-state index in [9.17, 15) is 4.79 Å². The first kappa shape index (κ1) is 11.0. The number of rotatable bonds is 1. The smallest absolute Gasteiger partial charge is 0.244 e. The molecule has 1 aliphatic rings. The quantitative estimate of drug-likeness (QED) is 0.828. The zero-order valence-corrected chi connectivity index (χ0v) is 9.80. The maximum Gasteiger partial charge on any atom is 0.244 e. The molecule has 0 aromatic heterocycles. The zero-order chi connectivity index (χ0) is 12.6. The topological polar surface area (TPSA) is 52.3 Å². The minimum absolute atomic E-state index is 0.118. The van der Waals surface area contributed by atoms with Gasteiger partial charge in [0.1, 0.15) is 5.75 Å². The van der Waals surface area contributed by atoms with Crippen molar-refractivity contribution < 1.29 is 9.53 Å². The highest BCUT2D eigenvalue weighted by atomic mass is 16.5. The second-order valence-corrected chi connectivity index (χ2v) is 4.41. The average Bonchev–Trinajstić information content (AvgIpc) is 2.41. The molecule has 3 nitrogen and oxygen atoms in total. The molecule has 0 fully saturated rings. The van der Waals surface area contributed by atoms with Gasteiger partial charge in [-0.1, -0.05) is 48.5 Å². The van der Waals surface area contributed by atoms with Crippen LogP contribution in [0.15, 0.2) is 54.6 Å². The van der Waals surface area contributed by atoms with Crippen LogP contribution in [0.4, 0.5) is 0 Å². The van der Waals surface area contributed by atoms with Gasteiger partial charge >= 0.3 is 0 Å². The summed E-state index contributed by atoms with van der Waals surface area (Å²) in [7, 11) is 0. The first-order valence-electron chi connectivity index (χ1n) is 5.85. The van der Waals surface area contributed by atoms with Gasteiger partial charge in [0.05, 0.1) is 0 Å². The Morgan fingerprint density at radius 1 is 1.00 bits per heavy atom. The van der Waals surface area contributed by atoms with Crippen LogP contribution in [0.5, 0.6) is 5.75 Å². The van der Waals surface area contributed by atoms with Crippen LogP contribution < -0.4 is 10.5 Å². The Hall–Kier alpha value is -2.13. The van der Waals surface area contributed by atoms with Crippen molar-refractivity contribution in [1.29, 1.82) is 0 Å². The number of hydrogen-bond donors (Lipinski definition) is 1. The number of fused-ring (bicyclic) bond motifs is 1. The second kappa shape index (κ2) is 3.96. The predicted octanol–water partition coefficient (Wildman–Crippen LogP) is 2.00. The number of ether oxygens (including phenoxy) is 1. The maximum atomic E-state index is 12.2. The van der Waals surface area contributed by atoms with Gasteiger partial charge in [-0.2, -0.15) is 0 Å². The Morgan fingerprint density at radius 2 is 1.67 bits per heavy atom. The lowest BCUT2D eigenvalue weighted by atomic mass is 9.91. The van der Waals surface area contributed by atoms with Crippen molar-refractivity contribution in [2.75, 3.05) is 0 Å². The third-order valence-corrected chi connectivity index (χ3v) is 3.21. The highest BCUT2D eigenvalue weighted by molar-refractivity contribution is 5.92. The molecular formula is C15H13NO2. The average molecular weight is 239 g/mol. The minimum Gasteiger partial charge on any atom is -0.461 e. The highest BCUT2D eigenvalue weighted by Gasteiger charge is 2.41. The van der Waals surface area contributed by atoms with Gasteiger partial charge in [-0.3, -0.25) is 10.5 Å². The molecule has 0 bridgehead atoms. The SMILES string of the molecule is NC1(c2ccccc2)Oc2ccccc2CC1=O. The van der Waals surface area contributed by atoms with E-state index >= 15 is 0 Å². The van der Waals surface area contributed by atoms with Gasteiger partial charge in [-0.05, 0) is 6.07 Å². The summed E-state index contributed by atoms with van der Waals surface area (Å²) >= 11 is 0. The molecule has 0 spiro atoms. The summed E-state index contributed by atoms with van der Waals surface area (Å²) in [6.45, 7) is 0. The third-order valence-electron chi connectivity index (χ3n) is 3.21. The third kappa shape index (κ3) is 1.60. The molecule has 0 radical (unpaired) electrons. The summed E-state index contributed by atoms with van der Waals surface area (Å²) < 4.78 is 5.75. The van der Waals surface area contributed by atoms with Crippen molar-refractivity contribution >= 4 is 5.78 Å². The number of hydrogen-bond acceptors (Lipinski definition) is 3. The minimum atomic E-state index is -1.37. The Morgan fingerprint density at radius 3 is 2.44 bits per heavy atom. The molecule has 1 atom stereocenters. The van der Waals surface area contributed by atoms with Gasteiger partial charge in [0, 0.05) is 17.5 Å². The fourth-order valence-electron chi connectivity index (χ4n) is 2.19. The number of nitrogens with two attached hydrogens (primary N) is 1. The molecule has 1 unspecified atom stereocenters. The number of carbonyl (C=O) groups is 1. The second-order valence-electron chi connectivity index (χ2n) is 4.41. The summed E-state index contributed by atoms with van der Waals surface area (Å²) in [6, 6.07) is 16.7. The van der Waals surface area contributed by atoms with E-state index in [0.29, 0.717) is 17.7 Å². The van der Waals surface area contributed by atoms with E-state index in [-0.39, 0.29) is 5.78 Å². The maximum absolute atomic E-state index is 12.2. The van der Waals surface area contributed by atoms with E-state index in [1.165, 1.54) is 0 Å². The van der Waals surface area contributed by atoms with Crippen LogP contribution in [-0.2, 0) is 16.9 Å². The standard InChI is InChI=1S/C15H13NO2/c16-15(12-7-2-1-3-8-12)14(17)10-11-6-4-5-9-13(11)18-15/h1-9H,10,16H2. The molecule has 3 rings (SSSR count). The predicted molar refractivity (Wildman–Crippen MR) is 68.1 cm³/mol. The fourth-order valence-corrected chi connectivity index (χ4v) is 2.19. The molecule has 2 aromatic rings. The van der Waals surface area contributed by atoms with Crippen molar-refractivity contribution in [3.8, 4) is 5.75 Å².